The van der Waals surface area contributed by atoms with Gasteiger partial charge in [-0.2, -0.15) is 0 Å². The van der Waals surface area contributed by atoms with Gasteiger partial charge in [0.15, 0.2) is 5.78 Å². The van der Waals surface area contributed by atoms with Crippen molar-refractivity contribution in [3.63, 3.8) is 0 Å². The van der Waals surface area contributed by atoms with Crippen LogP contribution >= 0.6 is 0 Å². The van der Waals surface area contributed by atoms with E-state index < -0.39 is 0 Å². The Bertz CT molecular complexity index is 651. The highest BCUT2D eigenvalue weighted by molar-refractivity contribution is 5.91. The summed E-state index contributed by atoms with van der Waals surface area (Å²) >= 11 is 0. The summed E-state index contributed by atoms with van der Waals surface area (Å²) in [5.41, 5.74) is 2.34. The molecule has 0 radical (unpaired) electrons. The van der Waals surface area contributed by atoms with Crippen molar-refractivity contribution in [1.29, 1.82) is 0 Å². The Morgan fingerprint density at radius 3 is 2.59 bits per heavy atom. The molecule has 0 bridgehead atoms. The molecule has 2 heteroatoms. The SMILES string of the molecule is CC(CO)CCCC(C)[C@H]1CCC2C3CCC4=CC(=O)CC[C@]4(C)C3CC[C@@]21C. The second-order valence-electron chi connectivity index (χ2n) is 11.9. The van der Waals surface area contributed by atoms with Crippen LogP contribution in [0.15, 0.2) is 11.6 Å². The third kappa shape index (κ3) is 3.66. The largest absolute Gasteiger partial charge is 0.396 e. The van der Waals surface area contributed by atoms with Crippen LogP contribution in [0.5, 0.6) is 0 Å². The molecule has 4 aliphatic carbocycles. The summed E-state index contributed by atoms with van der Waals surface area (Å²) in [5, 5.41) is 9.31. The van der Waals surface area contributed by atoms with Crippen LogP contribution in [-0.2, 0) is 4.79 Å². The number of hydrogen-bond donors (Lipinski definition) is 1. The maximum Gasteiger partial charge on any atom is 0.155 e. The van der Waals surface area contributed by atoms with Crippen molar-refractivity contribution < 1.29 is 9.90 Å². The van der Waals surface area contributed by atoms with Gasteiger partial charge in [-0.1, -0.05) is 46.1 Å². The van der Waals surface area contributed by atoms with E-state index in [4.69, 9.17) is 0 Å². The van der Waals surface area contributed by atoms with Crippen molar-refractivity contribution in [2.45, 2.75) is 98.3 Å². The second kappa shape index (κ2) is 8.13. The highest BCUT2D eigenvalue weighted by atomic mass is 16.3. The molecule has 3 saturated carbocycles. The first-order valence-corrected chi connectivity index (χ1v) is 12.6. The molecule has 0 saturated heterocycles. The average Bonchev–Trinajstić information content (AvgIpc) is 3.05. The van der Waals surface area contributed by atoms with Crippen LogP contribution < -0.4 is 0 Å². The van der Waals surface area contributed by atoms with Crippen LogP contribution in [0.2, 0.25) is 0 Å². The standard InChI is InChI=1S/C27H44O2/c1-18(17-28)6-5-7-19(2)23-10-11-24-22-9-8-20-16-21(29)12-14-26(20,3)25(22)13-15-27(23,24)4/h16,18-19,22-25,28H,5-15,17H2,1-4H3/t18?,19?,22?,23-,24?,25?,26+,27-/m1/s1. The van der Waals surface area contributed by atoms with E-state index in [-0.39, 0.29) is 0 Å². The highest BCUT2D eigenvalue weighted by Crippen LogP contribution is 2.67. The molecule has 3 fully saturated rings. The molecule has 0 amide bonds. The van der Waals surface area contributed by atoms with Gasteiger partial charge in [0.1, 0.15) is 0 Å². The Kier molecular flexibility index (Phi) is 6.06. The van der Waals surface area contributed by atoms with Gasteiger partial charge in [0.05, 0.1) is 0 Å². The van der Waals surface area contributed by atoms with Crippen molar-refractivity contribution in [1.82, 2.24) is 0 Å². The molecule has 0 aromatic rings. The summed E-state index contributed by atoms with van der Waals surface area (Å²) in [5.74, 6) is 5.13. The Morgan fingerprint density at radius 2 is 1.83 bits per heavy atom. The molecular weight excluding hydrogens is 356 g/mol. The van der Waals surface area contributed by atoms with Crippen molar-refractivity contribution >= 4 is 5.78 Å². The summed E-state index contributed by atoms with van der Waals surface area (Å²) in [6.45, 7) is 10.2. The van der Waals surface area contributed by atoms with E-state index in [9.17, 15) is 9.90 Å². The summed E-state index contributed by atoms with van der Waals surface area (Å²) in [7, 11) is 0. The van der Waals surface area contributed by atoms with Crippen LogP contribution in [0.3, 0.4) is 0 Å². The molecule has 164 valence electrons. The molecule has 4 aliphatic rings. The van der Waals surface area contributed by atoms with Crippen molar-refractivity contribution in [3.8, 4) is 0 Å². The summed E-state index contributed by atoms with van der Waals surface area (Å²) in [4.78, 5) is 12.0. The minimum atomic E-state index is 0.308. The minimum Gasteiger partial charge on any atom is -0.396 e. The number of carbonyl (C=O) groups is 1. The third-order valence-electron chi connectivity index (χ3n) is 10.4. The zero-order chi connectivity index (χ0) is 20.8. The number of aliphatic hydroxyl groups excluding tert-OH is 1. The van der Waals surface area contributed by atoms with Gasteiger partial charge in [-0.05, 0) is 104 Å². The van der Waals surface area contributed by atoms with E-state index in [1.807, 2.05) is 6.08 Å². The second-order valence-corrected chi connectivity index (χ2v) is 11.9. The van der Waals surface area contributed by atoms with Gasteiger partial charge in [-0.3, -0.25) is 4.79 Å². The maximum atomic E-state index is 12.0. The van der Waals surface area contributed by atoms with Crippen LogP contribution in [0, 0.1) is 46.3 Å². The predicted octanol–water partition coefficient (Wildman–Crippen LogP) is 6.57. The predicted molar refractivity (Wildman–Crippen MR) is 119 cm³/mol. The minimum absolute atomic E-state index is 0.308. The topological polar surface area (TPSA) is 37.3 Å². The first kappa shape index (κ1) is 21.6. The highest BCUT2D eigenvalue weighted by Gasteiger charge is 2.59. The lowest BCUT2D eigenvalue weighted by Gasteiger charge is -2.58. The number of rotatable bonds is 6. The fourth-order valence-electron chi connectivity index (χ4n) is 8.62. The van der Waals surface area contributed by atoms with Gasteiger partial charge >= 0.3 is 0 Å². The lowest BCUT2D eigenvalue weighted by Crippen LogP contribution is -2.50. The van der Waals surface area contributed by atoms with E-state index in [2.05, 4.69) is 27.7 Å². The molecular formula is C27H44O2. The van der Waals surface area contributed by atoms with Gasteiger partial charge in [-0.15, -0.1) is 0 Å². The van der Waals surface area contributed by atoms with E-state index >= 15 is 0 Å². The first-order chi connectivity index (χ1) is 13.8. The Hall–Kier alpha value is -0.630. The molecule has 0 aromatic heterocycles. The van der Waals surface area contributed by atoms with Crippen LogP contribution in [-0.4, -0.2) is 17.5 Å². The zero-order valence-corrected chi connectivity index (χ0v) is 19.4. The Balaban J connectivity index is 1.46. The summed E-state index contributed by atoms with van der Waals surface area (Å²) in [6.07, 6.45) is 15.8. The molecule has 1 N–H and O–H groups in total. The molecule has 0 aromatic carbocycles. The Morgan fingerprint density at radius 1 is 1.03 bits per heavy atom. The number of ketones is 1. The summed E-state index contributed by atoms with van der Waals surface area (Å²) in [6, 6.07) is 0. The molecule has 0 spiro atoms. The van der Waals surface area contributed by atoms with E-state index in [0.717, 1.165) is 42.4 Å². The molecule has 0 aliphatic heterocycles. The molecule has 0 heterocycles. The third-order valence-corrected chi connectivity index (χ3v) is 10.4. The average molecular weight is 401 g/mol. The lowest BCUT2D eigenvalue weighted by molar-refractivity contribution is -0.117. The number of aliphatic hydroxyl groups is 1. The number of carbonyl (C=O) groups excluding carboxylic acids is 1. The van der Waals surface area contributed by atoms with Crippen molar-refractivity contribution in [2.75, 3.05) is 6.61 Å². The molecule has 2 nitrogen and oxygen atoms in total. The quantitative estimate of drug-likeness (QED) is 0.547. The number of allylic oxidation sites excluding steroid dienone is 1. The molecule has 8 atom stereocenters. The van der Waals surface area contributed by atoms with Crippen molar-refractivity contribution in [2.24, 2.45) is 46.3 Å². The molecule has 5 unspecified atom stereocenters. The van der Waals surface area contributed by atoms with Gasteiger partial charge < -0.3 is 5.11 Å². The molecule has 4 rings (SSSR count). The fourth-order valence-corrected chi connectivity index (χ4v) is 8.62. The number of fused-ring (bicyclic) bond motifs is 5. The maximum absolute atomic E-state index is 12.0. The van der Waals surface area contributed by atoms with E-state index in [1.54, 1.807) is 0 Å². The normalized spacial score (nSPS) is 43.8. The van der Waals surface area contributed by atoms with Gasteiger partial charge in [-0.25, -0.2) is 0 Å². The van der Waals surface area contributed by atoms with Gasteiger partial charge in [0, 0.05) is 13.0 Å². The lowest BCUT2D eigenvalue weighted by atomic mass is 9.46. The fraction of sp³-hybridized carbons (Fsp3) is 0.889. The van der Waals surface area contributed by atoms with Crippen LogP contribution in [0.4, 0.5) is 0 Å². The smallest absolute Gasteiger partial charge is 0.155 e. The number of hydrogen-bond acceptors (Lipinski definition) is 2. The van der Waals surface area contributed by atoms with E-state index in [1.165, 1.54) is 63.4 Å². The molecule has 29 heavy (non-hydrogen) atoms. The first-order valence-electron chi connectivity index (χ1n) is 12.6. The van der Waals surface area contributed by atoms with Crippen LogP contribution in [0.1, 0.15) is 98.3 Å². The van der Waals surface area contributed by atoms with Gasteiger partial charge in [0.25, 0.3) is 0 Å². The van der Waals surface area contributed by atoms with E-state index in [0.29, 0.717) is 29.1 Å². The summed E-state index contributed by atoms with van der Waals surface area (Å²) < 4.78 is 0. The van der Waals surface area contributed by atoms with Crippen LogP contribution in [0.25, 0.3) is 0 Å². The van der Waals surface area contributed by atoms with Gasteiger partial charge in [0.2, 0.25) is 0 Å². The monoisotopic (exact) mass is 400 g/mol. The Labute approximate surface area is 178 Å². The van der Waals surface area contributed by atoms with Crippen molar-refractivity contribution in [3.05, 3.63) is 11.6 Å². The zero-order valence-electron chi connectivity index (χ0n) is 19.4.